The van der Waals surface area contributed by atoms with Gasteiger partial charge in [-0.1, -0.05) is 0 Å². The van der Waals surface area contributed by atoms with Crippen LogP contribution in [0.2, 0.25) is 0 Å². The first-order valence-corrected chi connectivity index (χ1v) is 6.40. The minimum Gasteiger partial charge on any atom is -0.394 e. The third-order valence-electron chi connectivity index (χ3n) is 2.91. The van der Waals surface area contributed by atoms with Gasteiger partial charge in [-0.3, -0.25) is 4.79 Å². The summed E-state index contributed by atoms with van der Waals surface area (Å²) >= 11 is 1.56. The molecule has 0 bridgehead atoms. The first-order chi connectivity index (χ1) is 7.70. The lowest BCUT2D eigenvalue weighted by molar-refractivity contribution is -0.132. The molecule has 2 rings (SSSR count). The second kappa shape index (κ2) is 4.93. The molecule has 1 aliphatic heterocycles. The fraction of sp³-hybridized carbons (Fsp3) is 0.636. The van der Waals surface area contributed by atoms with E-state index in [-0.39, 0.29) is 18.6 Å². The number of thiazole rings is 1. The lowest BCUT2D eigenvalue weighted by Gasteiger charge is -2.22. The smallest absolute Gasteiger partial charge is 0.228 e. The maximum Gasteiger partial charge on any atom is 0.228 e. The monoisotopic (exact) mass is 240 g/mol. The van der Waals surface area contributed by atoms with Crippen LogP contribution in [0.15, 0.2) is 5.38 Å². The minimum atomic E-state index is 0.0206. The van der Waals surface area contributed by atoms with Crippen LogP contribution in [-0.4, -0.2) is 40.1 Å². The number of carbonyl (C=O) groups is 1. The maximum absolute atomic E-state index is 12.0. The van der Waals surface area contributed by atoms with Gasteiger partial charge in [-0.2, -0.15) is 0 Å². The largest absolute Gasteiger partial charge is 0.394 e. The molecule has 1 aliphatic rings. The van der Waals surface area contributed by atoms with E-state index in [1.54, 1.807) is 16.2 Å². The zero-order chi connectivity index (χ0) is 11.5. The molecule has 1 aromatic rings. The quantitative estimate of drug-likeness (QED) is 0.856. The standard InChI is InChI=1S/C11H16N2O2S/c1-8-12-9(7-16-8)5-11(15)13-4-2-3-10(13)6-14/h7,10,14H,2-6H2,1H3. The number of aromatic nitrogens is 1. The van der Waals surface area contributed by atoms with Gasteiger partial charge in [-0.25, -0.2) is 4.98 Å². The molecule has 4 nitrogen and oxygen atoms in total. The number of rotatable bonds is 3. The van der Waals surface area contributed by atoms with Crippen molar-refractivity contribution in [2.75, 3.05) is 13.2 Å². The summed E-state index contributed by atoms with van der Waals surface area (Å²) in [4.78, 5) is 18.0. The number of aliphatic hydroxyl groups excluding tert-OH is 1. The first-order valence-electron chi connectivity index (χ1n) is 5.52. The molecule has 88 valence electrons. The highest BCUT2D eigenvalue weighted by atomic mass is 32.1. The van der Waals surface area contributed by atoms with E-state index < -0.39 is 0 Å². The van der Waals surface area contributed by atoms with Crippen LogP contribution >= 0.6 is 11.3 Å². The van der Waals surface area contributed by atoms with Crippen LogP contribution in [0.1, 0.15) is 23.5 Å². The van der Waals surface area contributed by atoms with Crippen LogP contribution in [0.25, 0.3) is 0 Å². The summed E-state index contributed by atoms with van der Waals surface area (Å²) in [5.74, 6) is 0.0850. The molecular weight excluding hydrogens is 224 g/mol. The van der Waals surface area contributed by atoms with Gasteiger partial charge in [0.1, 0.15) is 0 Å². The van der Waals surface area contributed by atoms with Crippen LogP contribution in [0.5, 0.6) is 0 Å². The van der Waals surface area contributed by atoms with Gasteiger partial charge in [0.25, 0.3) is 0 Å². The van der Waals surface area contributed by atoms with Crippen molar-refractivity contribution in [2.45, 2.75) is 32.2 Å². The van der Waals surface area contributed by atoms with Gasteiger partial charge in [-0.05, 0) is 19.8 Å². The lowest BCUT2D eigenvalue weighted by atomic mass is 10.2. The SMILES string of the molecule is Cc1nc(CC(=O)N2CCCC2CO)cs1. The van der Waals surface area contributed by atoms with Crippen LogP contribution in [0, 0.1) is 6.92 Å². The summed E-state index contributed by atoms with van der Waals surface area (Å²) < 4.78 is 0. The lowest BCUT2D eigenvalue weighted by Crippen LogP contribution is -2.38. The van der Waals surface area contributed by atoms with Crippen molar-refractivity contribution >= 4 is 17.2 Å². The second-order valence-corrected chi connectivity index (χ2v) is 5.16. The molecule has 0 saturated carbocycles. The predicted molar refractivity (Wildman–Crippen MR) is 62.4 cm³/mol. The summed E-state index contributed by atoms with van der Waals surface area (Å²) in [6.07, 6.45) is 2.27. The Morgan fingerprint density at radius 3 is 3.19 bits per heavy atom. The van der Waals surface area contributed by atoms with Gasteiger partial charge < -0.3 is 10.0 Å². The van der Waals surface area contributed by atoms with E-state index in [1.165, 1.54) is 0 Å². The molecule has 2 heterocycles. The fourth-order valence-electron chi connectivity index (χ4n) is 2.10. The summed E-state index contributed by atoms with van der Waals surface area (Å²) in [6.45, 7) is 2.78. The van der Waals surface area contributed by atoms with E-state index in [0.29, 0.717) is 6.42 Å². The van der Waals surface area contributed by atoms with Crippen LogP contribution in [0.3, 0.4) is 0 Å². The number of likely N-dealkylation sites (tertiary alicyclic amines) is 1. The van der Waals surface area contributed by atoms with Gasteiger partial charge in [0.15, 0.2) is 0 Å². The second-order valence-electron chi connectivity index (χ2n) is 4.10. The fourth-order valence-corrected chi connectivity index (χ4v) is 2.71. The molecule has 1 fully saturated rings. The van der Waals surface area contributed by atoms with Crippen molar-refractivity contribution in [2.24, 2.45) is 0 Å². The van der Waals surface area contributed by atoms with Crippen molar-refractivity contribution in [3.8, 4) is 0 Å². The van der Waals surface area contributed by atoms with Gasteiger partial charge in [0, 0.05) is 11.9 Å². The van der Waals surface area contributed by atoms with Crippen LogP contribution < -0.4 is 0 Å². The third-order valence-corrected chi connectivity index (χ3v) is 3.73. The number of hydrogen-bond acceptors (Lipinski definition) is 4. The molecule has 1 saturated heterocycles. The summed E-state index contributed by atoms with van der Waals surface area (Å²) in [7, 11) is 0. The van der Waals surface area contributed by atoms with E-state index >= 15 is 0 Å². The molecular formula is C11H16N2O2S. The van der Waals surface area contributed by atoms with E-state index in [9.17, 15) is 4.79 Å². The molecule has 5 heteroatoms. The van der Waals surface area contributed by atoms with Crippen LogP contribution in [-0.2, 0) is 11.2 Å². The van der Waals surface area contributed by atoms with E-state index in [1.807, 2.05) is 12.3 Å². The van der Waals surface area contributed by atoms with Gasteiger partial charge in [0.05, 0.1) is 29.8 Å². The van der Waals surface area contributed by atoms with Crippen molar-refractivity contribution in [3.05, 3.63) is 16.1 Å². The molecule has 1 aromatic heterocycles. The molecule has 0 aromatic carbocycles. The average molecular weight is 240 g/mol. The summed E-state index contributed by atoms with van der Waals surface area (Å²) in [5.41, 5.74) is 0.844. The zero-order valence-electron chi connectivity index (χ0n) is 9.35. The number of amides is 1. The Labute approximate surface area is 98.9 Å². The van der Waals surface area contributed by atoms with E-state index in [4.69, 9.17) is 5.11 Å². The third kappa shape index (κ3) is 2.41. The molecule has 1 unspecified atom stereocenters. The topological polar surface area (TPSA) is 53.4 Å². The molecule has 0 radical (unpaired) electrons. The van der Waals surface area contributed by atoms with Crippen molar-refractivity contribution < 1.29 is 9.90 Å². The normalized spacial score (nSPS) is 20.4. The Morgan fingerprint density at radius 2 is 2.56 bits per heavy atom. The maximum atomic E-state index is 12.0. The van der Waals surface area contributed by atoms with Crippen LogP contribution in [0.4, 0.5) is 0 Å². The van der Waals surface area contributed by atoms with Gasteiger partial charge in [0.2, 0.25) is 5.91 Å². The highest BCUT2D eigenvalue weighted by Crippen LogP contribution is 2.18. The number of hydrogen-bond donors (Lipinski definition) is 1. The molecule has 1 amide bonds. The number of aryl methyl sites for hydroxylation is 1. The molecule has 1 N–H and O–H groups in total. The van der Waals surface area contributed by atoms with Gasteiger partial charge in [-0.15, -0.1) is 11.3 Å². The van der Waals surface area contributed by atoms with Crippen molar-refractivity contribution in [3.63, 3.8) is 0 Å². The summed E-state index contributed by atoms with van der Waals surface area (Å²) in [6, 6.07) is 0.0206. The minimum absolute atomic E-state index is 0.0206. The number of aliphatic hydroxyl groups is 1. The Morgan fingerprint density at radius 1 is 1.75 bits per heavy atom. The highest BCUT2D eigenvalue weighted by Gasteiger charge is 2.28. The molecule has 16 heavy (non-hydrogen) atoms. The summed E-state index contributed by atoms with van der Waals surface area (Å²) in [5, 5.41) is 12.1. The molecule has 0 spiro atoms. The van der Waals surface area contributed by atoms with Gasteiger partial charge >= 0.3 is 0 Å². The highest BCUT2D eigenvalue weighted by molar-refractivity contribution is 7.09. The number of nitrogens with zero attached hydrogens (tertiary/aromatic N) is 2. The Kier molecular flexibility index (Phi) is 3.56. The number of carbonyl (C=O) groups excluding carboxylic acids is 1. The predicted octanol–water partition coefficient (Wildman–Crippen LogP) is 0.977. The first kappa shape index (κ1) is 11.5. The average Bonchev–Trinajstić information content (AvgIpc) is 2.86. The van der Waals surface area contributed by atoms with Crippen molar-refractivity contribution in [1.82, 2.24) is 9.88 Å². The zero-order valence-corrected chi connectivity index (χ0v) is 10.2. The Bertz CT molecular complexity index is 378. The van der Waals surface area contributed by atoms with E-state index in [2.05, 4.69) is 4.98 Å². The molecule has 1 atom stereocenters. The Balaban J connectivity index is 1.97. The van der Waals surface area contributed by atoms with Crippen molar-refractivity contribution in [1.29, 1.82) is 0 Å². The van der Waals surface area contributed by atoms with E-state index in [0.717, 1.165) is 30.1 Å². The Hall–Kier alpha value is -0.940. The molecule has 0 aliphatic carbocycles.